The lowest BCUT2D eigenvalue weighted by Gasteiger charge is -2.15. The van der Waals surface area contributed by atoms with Crippen LogP contribution in [-0.4, -0.2) is 22.6 Å². The molecular formula is C17H28IN5O2. The van der Waals surface area contributed by atoms with E-state index in [0.29, 0.717) is 24.2 Å². The third-order valence-corrected chi connectivity index (χ3v) is 3.37. The molecule has 0 aromatic carbocycles. The Labute approximate surface area is 166 Å². The van der Waals surface area contributed by atoms with Gasteiger partial charge < -0.3 is 19.6 Å². The SMILES string of the molecule is CCNC(=NCc1noc(C(C)(C)C)n1)NC(C)c1ccc(C)o1.I. The van der Waals surface area contributed by atoms with Crippen LogP contribution >= 0.6 is 24.0 Å². The molecule has 0 aliphatic carbocycles. The number of hydrogen-bond donors (Lipinski definition) is 2. The number of hydrogen-bond acceptors (Lipinski definition) is 5. The summed E-state index contributed by atoms with van der Waals surface area (Å²) in [6, 6.07) is 3.92. The lowest BCUT2D eigenvalue weighted by molar-refractivity contribution is 0.318. The van der Waals surface area contributed by atoms with Gasteiger partial charge in [0, 0.05) is 12.0 Å². The minimum atomic E-state index is -0.163. The molecule has 0 saturated heterocycles. The number of nitrogens with one attached hydrogen (secondary N) is 2. The Morgan fingerprint density at radius 2 is 2.04 bits per heavy atom. The molecule has 2 rings (SSSR count). The first-order valence-electron chi connectivity index (χ1n) is 8.24. The molecule has 0 aliphatic rings. The van der Waals surface area contributed by atoms with Crippen LogP contribution in [0.15, 0.2) is 26.1 Å². The quantitative estimate of drug-likeness (QED) is 0.401. The highest BCUT2D eigenvalue weighted by atomic mass is 127. The number of rotatable bonds is 5. The Hall–Kier alpha value is -1.58. The van der Waals surface area contributed by atoms with E-state index in [2.05, 4.69) is 25.8 Å². The van der Waals surface area contributed by atoms with Crippen molar-refractivity contribution in [2.75, 3.05) is 6.54 Å². The van der Waals surface area contributed by atoms with Gasteiger partial charge in [-0.15, -0.1) is 24.0 Å². The second-order valence-electron chi connectivity index (χ2n) is 6.78. The molecule has 0 amide bonds. The highest BCUT2D eigenvalue weighted by molar-refractivity contribution is 14.0. The highest BCUT2D eigenvalue weighted by Crippen LogP contribution is 2.19. The zero-order chi connectivity index (χ0) is 17.7. The minimum absolute atomic E-state index is 0. The second-order valence-corrected chi connectivity index (χ2v) is 6.78. The number of furan rings is 1. The standard InChI is InChI=1S/C17H27N5O2.HI/c1-7-18-16(20-12(3)13-9-8-11(2)23-13)19-10-14-21-15(24-22-14)17(4,5)6;/h8-9,12H,7,10H2,1-6H3,(H2,18,19,20);1H. The van der Waals surface area contributed by atoms with E-state index in [1.54, 1.807) is 0 Å². The number of guanidine groups is 1. The van der Waals surface area contributed by atoms with Gasteiger partial charge in [0.05, 0.1) is 6.04 Å². The topological polar surface area (TPSA) is 88.5 Å². The summed E-state index contributed by atoms with van der Waals surface area (Å²) in [4.78, 5) is 8.91. The van der Waals surface area contributed by atoms with Crippen LogP contribution in [0.1, 0.15) is 63.9 Å². The molecule has 2 heterocycles. The van der Waals surface area contributed by atoms with E-state index >= 15 is 0 Å². The maximum Gasteiger partial charge on any atom is 0.232 e. The lowest BCUT2D eigenvalue weighted by Crippen LogP contribution is -2.38. The van der Waals surface area contributed by atoms with Crippen molar-refractivity contribution in [2.45, 2.75) is 59.5 Å². The summed E-state index contributed by atoms with van der Waals surface area (Å²) in [7, 11) is 0. The predicted molar refractivity (Wildman–Crippen MR) is 108 cm³/mol. The van der Waals surface area contributed by atoms with E-state index in [1.165, 1.54) is 0 Å². The van der Waals surface area contributed by atoms with Crippen LogP contribution in [0.4, 0.5) is 0 Å². The van der Waals surface area contributed by atoms with Crippen molar-refractivity contribution in [1.82, 2.24) is 20.8 Å². The lowest BCUT2D eigenvalue weighted by atomic mass is 9.97. The van der Waals surface area contributed by atoms with Gasteiger partial charge in [-0.2, -0.15) is 4.98 Å². The molecular weight excluding hydrogens is 433 g/mol. The molecule has 7 nitrogen and oxygen atoms in total. The van der Waals surface area contributed by atoms with Crippen LogP contribution in [-0.2, 0) is 12.0 Å². The van der Waals surface area contributed by atoms with Gasteiger partial charge in [0.25, 0.3) is 0 Å². The Kier molecular flexibility index (Phi) is 7.91. The third-order valence-electron chi connectivity index (χ3n) is 3.37. The van der Waals surface area contributed by atoms with Crippen LogP contribution in [0.5, 0.6) is 0 Å². The first-order valence-corrected chi connectivity index (χ1v) is 8.24. The van der Waals surface area contributed by atoms with Gasteiger partial charge in [0.2, 0.25) is 5.89 Å². The smallest absolute Gasteiger partial charge is 0.232 e. The van der Waals surface area contributed by atoms with E-state index in [0.717, 1.165) is 18.1 Å². The van der Waals surface area contributed by atoms with Crippen molar-refractivity contribution in [3.63, 3.8) is 0 Å². The maximum atomic E-state index is 5.64. The van der Waals surface area contributed by atoms with Crippen molar-refractivity contribution in [1.29, 1.82) is 0 Å². The van der Waals surface area contributed by atoms with Crippen LogP contribution in [0.2, 0.25) is 0 Å². The number of aryl methyl sites for hydroxylation is 1. The first-order chi connectivity index (χ1) is 11.3. The van der Waals surface area contributed by atoms with Crippen LogP contribution in [0.25, 0.3) is 0 Å². The van der Waals surface area contributed by atoms with Gasteiger partial charge >= 0.3 is 0 Å². The third kappa shape index (κ3) is 6.33. The van der Waals surface area contributed by atoms with Crippen molar-refractivity contribution in [3.8, 4) is 0 Å². The van der Waals surface area contributed by atoms with E-state index in [4.69, 9.17) is 8.94 Å². The molecule has 0 spiro atoms. The zero-order valence-corrected chi connectivity index (χ0v) is 18.0. The molecule has 0 bridgehead atoms. The summed E-state index contributed by atoms with van der Waals surface area (Å²) >= 11 is 0. The molecule has 2 aromatic heterocycles. The zero-order valence-electron chi connectivity index (χ0n) is 15.7. The molecule has 1 atom stereocenters. The summed E-state index contributed by atoms with van der Waals surface area (Å²) in [5.41, 5.74) is -0.163. The van der Waals surface area contributed by atoms with Gasteiger partial charge in [-0.1, -0.05) is 25.9 Å². The summed E-state index contributed by atoms with van der Waals surface area (Å²) in [5, 5.41) is 10.5. The van der Waals surface area contributed by atoms with E-state index in [1.807, 2.05) is 53.7 Å². The van der Waals surface area contributed by atoms with Crippen molar-refractivity contribution >= 4 is 29.9 Å². The molecule has 140 valence electrons. The van der Waals surface area contributed by atoms with Gasteiger partial charge in [-0.3, -0.25) is 0 Å². The fourth-order valence-corrected chi connectivity index (χ4v) is 2.05. The van der Waals surface area contributed by atoms with Gasteiger partial charge in [-0.05, 0) is 32.9 Å². The Morgan fingerprint density at radius 1 is 1.32 bits per heavy atom. The van der Waals surface area contributed by atoms with Gasteiger partial charge in [0.15, 0.2) is 11.8 Å². The van der Waals surface area contributed by atoms with E-state index < -0.39 is 0 Å². The number of nitrogens with zero attached hydrogens (tertiary/aromatic N) is 3. The number of aromatic nitrogens is 2. The highest BCUT2D eigenvalue weighted by Gasteiger charge is 2.21. The fraction of sp³-hybridized carbons (Fsp3) is 0.588. The number of aliphatic imine (C=N–C) groups is 1. The Balaban J connectivity index is 0.00000312. The number of halogens is 1. The fourth-order valence-electron chi connectivity index (χ4n) is 2.05. The molecule has 0 fully saturated rings. The molecule has 0 radical (unpaired) electrons. The normalized spacial score (nSPS) is 13.3. The Bertz CT molecular complexity index is 687. The summed E-state index contributed by atoms with van der Waals surface area (Å²) in [6.45, 7) is 13.2. The van der Waals surface area contributed by atoms with Crippen molar-refractivity contribution in [2.24, 2.45) is 4.99 Å². The largest absolute Gasteiger partial charge is 0.464 e. The van der Waals surface area contributed by atoms with E-state index in [9.17, 15) is 0 Å². The van der Waals surface area contributed by atoms with Crippen LogP contribution < -0.4 is 10.6 Å². The first kappa shape index (κ1) is 21.5. The summed E-state index contributed by atoms with van der Waals surface area (Å²) in [5.74, 6) is 3.62. The van der Waals surface area contributed by atoms with Gasteiger partial charge in [-0.25, -0.2) is 4.99 Å². The summed E-state index contributed by atoms with van der Waals surface area (Å²) < 4.78 is 10.9. The van der Waals surface area contributed by atoms with Crippen molar-refractivity contribution in [3.05, 3.63) is 35.4 Å². The average Bonchev–Trinajstić information content (AvgIpc) is 3.13. The molecule has 0 aliphatic heterocycles. The van der Waals surface area contributed by atoms with Crippen LogP contribution in [0, 0.1) is 6.92 Å². The summed E-state index contributed by atoms with van der Waals surface area (Å²) in [6.07, 6.45) is 0. The second kappa shape index (κ2) is 9.21. The monoisotopic (exact) mass is 461 g/mol. The Morgan fingerprint density at radius 3 is 2.56 bits per heavy atom. The molecule has 2 N–H and O–H groups in total. The molecule has 8 heteroatoms. The molecule has 25 heavy (non-hydrogen) atoms. The molecule has 1 unspecified atom stereocenters. The minimum Gasteiger partial charge on any atom is -0.464 e. The molecule has 0 saturated carbocycles. The van der Waals surface area contributed by atoms with E-state index in [-0.39, 0.29) is 35.4 Å². The predicted octanol–water partition coefficient (Wildman–Crippen LogP) is 3.70. The molecule has 2 aromatic rings. The average molecular weight is 461 g/mol. The van der Waals surface area contributed by atoms with Crippen molar-refractivity contribution < 1.29 is 8.94 Å². The van der Waals surface area contributed by atoms with Crippen LogP contribution in [0.3, 0.4) is 0 Å². The maximum absolute atomic E-state index is 5.64. The van der Waals surface area contributed by atoms with Gasteiger partial charge in [0.1, 0.15) is 18.1 Å².